The van der Waals surface area contributed by atoms with E-state index in [4.69, 9.17) is 0 Å². The molecule has 0 aliphatic carbocycles. The highest BCUT2D eigenvalue weighted by Gasteiger charge is 2.12. The lowest BCUT2D eigenvalue weighted by atomic mass is 10.3. The number of rotatable bonds is 1. The molecule has 2 heterocycles. The first-order valence-corrected chi connectivity index (χ1v) is 4.90. The first-order chi connectivity index (χ1) is 5.79. The average molecular weight is 179 g/mol. The van der Waals surface area contributed by atoms with Gasteiger partial charge in [0.25, 0.3) is 4.83 Å². The van der Waals surface area contributed by atoms with Crippen LogP contribution in [0.1, 0.15) is 19.9 Å². The smallest absolute Gasteiger partial charge is 0.238 e. The third kappa shape index (κ3) is 1.10. The number of nitrogens with zero attached hydrogens (tertiary/aromatic N) is 2. The van der Waals surface area contributed by atoms with Gasteiger partial charge in [-0.25, -0.2) is 4.98 Å². The van der Waals surface area contributed by atoms with Crippen molar-refractivity contribution in [1.82, 2.24) is 4.98 Å². The van der Waals surface area contributed by atoms with Crippen molar-refractivity contribution in [2.75, 3.05) is 0 Å². The van der Waals surface area contributed by atoms with E-state index in [1.54, 1.807) is 11.3 Å². The third-order valence-corrected chi connectivity index (χ3v) is 2.72. The maximum atomic E-state index is 4.26. The van der Waals surface area contributed by atoms with Crippen LogP contribution < -0.4 is 4.57 Å². The lowest BCUT2D eigenvalue weighted by Gasteiger charge is -1.98. The van der Waals surface area contributed by atoms with E-state index in [0.29, 0.717) is 6.04 Å². The summed E-state index contributed by atoms with van der Waals surface area (Å²) in [5.41, 5.74) is 2.99. The van der Waals surface area contributed by atoms with Crippen molar-refractivity contribution in [2.45, 2.75) is 19.9 Å². The lowest BCUT2D eigenvalue weighted by Crippen LogP contribution is -2.35. The Bertz CT molecular complexity index is 392. The Kier molecular flexibility index (Phi) is 1.81. The molecule has 0 fully saturated rings. The topological polar surface area (TPSA) is 16.8 Å². The van der Waals surface area contributed by atoms with Crippen molar-refractivity contribution in [3.05, 3.63) is 23.8 Å². The summed E-state index contributed by atoms with van der Waals surface area (Å²) in [7, 11) is 0. The van der Waals surface area contributed by atoms with Gasteiger partial charge in [0.1, 0.15) is 5.52 Å². The standard InChI is InChI=1S/C9H11N2S/c1-7(2)11-5-3-4-8-9(11)12-6-10-8/h3-7H,1-2H3/q+1. The number of hydrogen-bond donors (Lipinski definition) is 0. The zero-order valence-electron chi connectivity index (χ0n) is 7.19. The van der Waals surface area contributed by atoms with Crippen molar-refractivity contribution in [2.24, 2.45) is 0 Å². The van der Waals surface area contributed by atoms with Crippen molar-refractivity contribution < 1.29 is 4.57 Å². The summed E-state index contributed by atoms with van der Waals surface area (Å²) in [5.74, 6) is 0. The first kappa shape index (κ1) is 7.68. The molecular formula is C9H11N2S+. The van der Waals surface area contributed by atoms with Gasteiger partial charge in [-0.1, -0.05) is 11.3 Å². The van der Waals surface area contributed by atoms with Crippen LogP contribution in [0.25, 0.3) is 10.3 Å². The SMILES string of the molecule is CC(C)[n+]1cccc2ncsc21. The number of aromatic nitrogens is 2. The van der Waals surface area contributed by atoms with Gasteiger partial charge in [-0.05, 0) is 19.9 Å². The van der Waals surface area contributed by atoms with Crippen molar-refractivity contribution in [1.29, 1.82) is 0 Å². The highest BCUT2D eigenvalue weighted by molar-refractivity contribution is 7.15. The molecule has 0 radical (unpaired) electrons. The third-order valence-electron chi connectivity index (χ3n) is 1.87. The van der Waals surface area contributed by atoms with Crippen LogP contribution in [-0.2, 0) is 0 Å². The predicted molar refractivity (Wildman–Crippen MR) is 50.2 cm³/mol. The van der Waals surface area contributed by atoms with Crippen LogP contribution in [0, 0.1) is 0 Å². The summed E-state index contributed by atoms with van der Waals surface area (Å²) in [4.78, 5) is 5.52. The fraction of sp³-hybridized carbons (Fsp3) is 0.333. The molecule has 62 valence electrons. The van der Waals surface area contributed by atoms with E-state index in [1.165, 1.54) is 4.83 Å². The van der Waals surface area contributed by atoms with Gasteiger partial charge in [-0.15, -0.1) is 0 Å². The molecule has 3 heteroatoms. The van der Waals surface area contributed by atoms with Gasteiger partial charge in [0, 0.05) is 6.07 Å². The summed E-state index contributed by atoms with van der Waals surface area (Å²) in [6.07, 6.45) is 2.10. The second kappa shape index (κ2) is 2.83. The van der Waals surface area contributed by atoms with Gasteiger partial charge in [0.15, 0.2) is 12.2 Å². The second-order valence-electron chi connectivity index (χ2n) is 3.05. The molecule has 2 aromatic rings. The van der Waals surface area contributed by atoms with Crippen LogP contribution in [0.3, 0.4) is 0 Å². The molecule has 0 unspecified atom stereocenters. The van der Waals surface area contributed by atoms with E-state index >= 15 is 0 Å². The van der Waals surface area contributed by atoms with Crippen molar-refractivity contribution in [3.63, 3.8) is 0 Å². The van der Waals surface area contributed by atoms with Gasteiger partial charge >= 0.3 is 0 Å². The number of pyridine rings is 1. The molecular weight excluding hydrogens is 168 g/mol. The predicted octanol–water partition coefficient (Wildman–Crippen LogP) is 2.16. The molecule has 0 atom stereocenters. The molecule has 2 aromatic heterocycles. The van der Waals surface area contributed by atoms with Gasteiger partial charge in [-0.2, -0.15) is 4.57 Å². The summed E-state index contributed by atoms with van der Waals surface area (Å²) in [6.45, 7) is 4.36. The highest BCUT2D eigenvalue weighted by atomic mass is 32.1. The number of fused-ring (bicyclic) bond motifs is 1. The first-order valence-electron chi connectivity index (χ1n) is 4.02. The minimum Gasteiger partial charge on any atom is -0.238 e. The van der Waals surface area contributed by atoms with Crippen LogP contribution in [-0.4, -0.2) is 4.98 Å². The maximum absolute atomic E-state index is 4.26. The van der Waals surface area contributed by atoms with E-state index < -0.39 is 0 Å². The number of thiazole rings is 1. The van der Waals surface area contributed by atoms with Gasteiger partial charge in [-0.3, -0.25) is 0 Å². The summed E-state index contributed by atoms with van der Waals surface area (Å²) < 4.78 is 2.24. The normalized spacial score (nSPS) is 11.2. The van der Waals surface area contributed by atoms with Crippen LogP contribution >= 0.6 is 11.3 Å². The minimum absolute atomic E-state index is 0.508. The van der Waals surface area contributed by atoms with Gasteiger partial charge < -0.3 is 0 Å². The van der Waals surface area contributed by atoms with Crippen LogP contribution in [0.2, 0.25) is 0 Å². The van der Waals surface area contributed by atoms with E-state index in [2.05, 4.69) is 29.6 Å². The Morgan fingerprint density at radius 2 is 2.33 bits per heavy atom. The molecule has 0 aliphatic heterocycles. The lowest BCUT2D eigenvalue weighted by molar-refractivity contribution is -0.689. The number of hydrogen-bond acceptors (Lipinski definition) is 2. The molecule has 0 N–H and O–H groups in total. The van der Waals surface area contributed by atoms with Gasteiger partial charge in [0.2, 0.25) is 0 Å². The van der Waals surface area contributed by atoms with E-state index in [0.717, 1.165) is 5.52 Å². The molecule has 0 amide bonds. The average Bonchev–Trinajstić information content (AvgIpc) is 2.49. The van der Waals surface area contributed by atoms with Crippen molar-refractivity contribution in [3.8, 4) is 0 Å². The Balaban J connectivity index is 2.73. The van der Waals surface area contributed by atoms with Crippen molar-refractivity contribution >= 4 is 21.7 Å². The second-order valence-corrected chi connectivity index (χ2v) is 3.89. The highest BCUT2D eigenvalue weighted by Crippen LogP contribution is 2.13. The molecule has 12 heavy (non-hydrogen) atoms. The molecule has 2 rings (SSSR count). The van der Waals surface area contributed by atoms with E-state index in [9.17, 15) is 0 Å². The Hall–Kier alpha value is -0.960. The van der Waals surface area contributed by atoms with E-state index in [1.807, 2.05) is 17.6 Å². The van der Waals surface area contributed by atoms with Crippen LogP contribution in [0.5, 0.6) is 0 Å². The molecule has 0 saturated carbocycles. The minimum atomic E-state index is 0.508. The monoisotopic (exact) mass is 179 g/mol. The fourth-order valence-corrected chi connectivity index (χ4v) is 2.16. The largest absolute Gasteiger partial charge is 0.289 e. The Morgan fingerprint density at radius 3 is 3.08 bits per heavy atom. The Morgan fingerprint density at radius 1 is 1.50 bits per heavy atom. The summed E-state index contributed by atoms with van der Waals surface area (Å²) in [5, 5.41) is 0. The Labute approximate surface area is 75.5 Å². The molecule has 0 aliphatic rings. The zero-order chi connectivity index (χ0) is 8.55. The summed E-state index contributed by atoms with van der Waals surface area (Å²) in [6, 6.07) is 4.60. The quantitative estimate of drug-likeness (QED) is 0.613. The molecule has 0 aromatic carbocycles. The maximum Gasteiger partial charge on any atom is 0.289 e. The zero-order valence-corrected chi connectivity index (χ0v) is 8.01. The van der Waals surface area contributed by atoms with E-state index in [-0.39, 0.29) is 0 Å². The molecule has 0 bridgehead atoms. The molecule has 0 saturated heterocycles. The summed E-state index contributed by atoms with van der Waals surface area (Å²) >= 11 is 1.69. The van der Waals surface area contributed by atoms with Crippen LogP contribution in [0.15, 0.2) is 23.8 Å². The fourth-order valence-electron chi connectivity index (χ4n) is 1.26. The molecule has 0 spiro atoms. The molecule has 2 nitrogen and oxygen atoms in total. The van der Waals surface area contributed by atoms with Gasteiger partial charge in [0.05, 0.1) is 5.51 Å². The van der Waals surface area contributed by atoms with Crippen LogP contribution in [0.4, 0.5) is 0 Å².